The third kappa shape index (κ3) is 5.63. The Morgan fingerprint density at radius 2 is 2.00 bits per heavy atom. The highest BCUT2D eigenvalue weighted by atomic mass is 16.3. The maximum Gasteiger partial charge on any atom is 0.108 e. The molecule has 0 fully saturated rings. The molecule has 0 unspecified atom stereocenters. The molecule has 0 radical (unpaired) electrons. The maximum absolute atomic E-state index is 9.15. The first-order valence-electron chi connectivity index (χ1n) is 5.59. The van der Waals surface area contributed by atoms with Gasteiger partial charge in [-0.1, -0.05) is 26.0 Å². The largest absolute Gasteiger partial charge is 0.509 e. The van der Waals surface area contributed by atoms with E-state index in [4.69, 9.17) is 5.11 Å². The van der Waals surface area contributed by atoms with Gasteiger partial charge in [0.15, 0.2) is 0 Å². The van der Waals surface area contributed by atoms with Crippen molar-refractivity contribution < 1.29 is 5.11 Å². The van der Waals surface area contributed by atoms with Gasteiger partial charge >= 0.3 is 0 Å². The van der Waals surface area contributed by atoms with Gasteiger partial charge in [0.25, 0.3) is 0 Å². The van der Waals surface area contributed by atoms with E-state index < -0.39 is 0 Å². The molecule has 0 bridgehead atoms. The van der Waals surface area contributed by atoms with Gasteiger partial charge in [-0.05, 0) is 45.4 Å². The van der Waals surface area contributed by atoms with Crippen molar-refractivity contribution in [1.29, 1.82) is 0 Å². The molecule has 0 aliphatic heterocycles. The third-order valence-electron chi connectivity index (χ3n) is 2.76. The Hall–Kier alpha value is -0.760. The lowest BCUT2D eigenvalue weighted by molar-refractivity contribution is 0.280. The maximum atomic E-state index is 9.15. The summed E-state index contributed by atoms with van der Waals surface area (Å²) in [7, 11) is 4.18. The fraction of sp³-hybridized carbons (Fsp3) is 0.692. The summed E-state index contributed by atoms with van der Waals surface area (Å²) in [4.78, 5) is 2.20. The van der Waals surface area contributed by atoms with Crippen molar-refractivity contribution in [3.8, 4) is 0 Å². The Kier molecular flexibility index (Phi) is 6.34. The molecule has 0 heterocycles. The lowest BCUT2D eigenvalue weighted by Gasteiger charge is -2.26. The third-order valence-corrected chi connectivity index (χ3v) is 2.76. The summed E-state index contributed by atoms with van der Waals surface area (Å²) in [6.45, 7) is 11.1. The topological polar surface area (TPSA) is 23.5 Å². The molecule has 2 heteroatoms. The molecule has 0 rings (SSSR count). The van der Waals surface area contributed by atoms with Gasteiger partial charge in [-0.15, -0.1) is 0 Å². The lowest BCUT2D eigenvalue weighted by atomic mass is 9.85. The van der Waals surface area contributed by atoms with E-state index in [-0.39, 0.29) is 5.76 Å². The molecule has 0 aromatic rings. The van der Waals surface area contributed by atoms with Gasteiger partial charge in [-0.25, -0.2) is 0 Å². The molecule has 0 spiro atoms. The van der Waals surface area contributed by atoms with Crippen LogP contribution >= 0.6 is 0 Å². The van der Waals surface area contributed by atoms with E-state index >= 15 is 0 Å². The minimum Gasteiger partial charge on any atom is -0.509 e. The molecule has 88 valence electrons. The molecule has 0 aliphatic rings. The van der Waals surface area contributed by atoms with Crippen LogP contribution in [-0.4, -0.2) is 30.6 Å². The van der Waals surface area contributed by atoms with Crippen LogP contribution in [0.25, 0.3) is 0 Å². The fourth-order valence-corrected chi connectivity index (χ4v) is 2.25. The normalized spacial score (nSPS) is 16.5. The second-order valence-electron chi connectivity index (χ2n) is 4.63. The van der Waals surface area contributed by atoms with Gasteiger partial charge in [0, 0.05) is 6.54 Å². The Labute approximate surface area is 94.3 Å². The van der Waals surface area contributed by atoms with Crippen LogP contribution in [0.2, 0.25) is 0 Å². The zero-order valence-corrected chi connectivity index (χ0v) is 10.7. The molecule has 1 N–H and O–H groups in total. The number of hydrogen-bond acceptors (Lipinski definition) is 2. The van der Waals surface area contributed by atoms with Crippen LogP contribution in [-0.2, 0) is 0 Å². The quantitative estimate of drug-likeness (QED) is 0.538. The van der Waals surface area contributed by atoms with Crippen LogP contribution in [0.5, 0.6) is 0 Å². The second kappa shape index (κ2) is 6.67. The molecule has 0 aromatic carbocycles. The Bertz CT molecular complexity index is 231. The highest BCUT2D eigenvalue weighted by Gasteiger charge is 2.17. The van der Waals surface area contributed by atoms with Crippen LogP contribution in [0.1, 0.15) is 27.2 Å². The van der Waals surface area contributed by atoms with Crippen molar-refractivity contribution >= 4 is 0 Å². The van der Waals surface area contributed by atoms with Gasteiger partial charge in [0.1, 0.15) is 5.76 Å². The SMILES string of the molecule is C=C(O)/C=C(\C)[C@H](CC)[C@@H](C)CN(C)C. The smallest absolute Gasteiger partial charge is 0.108 e. The second-order valence-corrected chi connectivity index (χ2v) is 4.63. The highest BCUT2D eigenvalue weighted by Crippen LogP contribution is 2.25. The minimum absolute atomic E-state index is 0.156. The van der Waals surface area contributed by atoms with Crippen molar-refractivity contribution in [3.05, 3.63) is 24.0 Å². The molecule has 2 atom stereocenters. The van der Waals surface area contributed by atoms with E-state index in [1.807, 2.05) is 0 Å². The molecule has 0 aliphatic carbocycles. The van der Waals surface area contributed by atoms with E-state index in [1.165, 1.54) is 5.57 Å². The van der Waals surface area contributed by atoms with Crippen LogP contribution in [0.15, 0.2) is 24.0 Å². The van der Waals surface area contributed by atoms with E-state index in [9.17, 15) is 0 Å². The molecule has 0 saturated heterocycles. The predicted molar refractivity (Wildman–Crippen MR) is 67.0 cm³/mol. The van der Waals surface area contributed by atoms with Crippen LogP contribution in [0.4, 0.5) is 0 Å². The first kappa shape index (κ1) is 14.2. The van der Waals surface area contributed by atoms with Gasteiger partial charge < -0.3 is 10.0 Å². The highest BCUT2D eigenvalue weighted by molar-refractivity contribution is 5.16. The first-order valence-corrected chi connectivity index (χ1v) is 5.59. The molecule has 0 saturated carbocycles. The summed E-state index contributed by atoms with van der Waals surface area (Å²) in [6.07, 6.45) is 2.88. The van der Waals surface area contributed by atoms with E-state index in [2.05, 4.69) is 46.3 Å². The summed E-state index contributed by atoms with van der Waals surface area (Å²) in [5, 5.41) is 9.15. The average molecular weight is 211 g/mol. The number of aliphatic hydroxyl groups excluding tert-OH is 1. The number of aliphatic hydroxyl groups is 1. The average Bonchev–Trinajstić information content (AvgIpc) is 2.01. The summed E-state index contributed by atoms with van der Waals surface area (Å²) >= 11 is 0. The first-order chi connectivity index (χ1) is 6.88. The van der Waals surface area contributed by atoms with Crippen molar-refractivity contribution in [2.24, 2.45) is 11.8 Å². The van der Waals surface area contributed by atoms with Crippen LogP contribution < -0.4 is 0 Å². The van der Waals surface area contributed by atoms with Crippen molar-refractivity contribution in [2.45, 2.75) is 27.2 Å². The van der Waals surface area contributed by atoms with Gasteiger partial charge in [-0.3, -0.25) is 0 Å². The van der Waals surface area contributed by atoms with Crippen molar-refractivity contribution in [1.82, 2.24) is 4.90 Å². The van der Waals surface area contributed by atoms with E-state index in [1.54, 1.807) is 6.08 Å². The zero-order valence-electron chi connectivity index (χ0n) is 10.7. The Balaban J connectivity index is 4.53. The predicted octanol–water partition coefficient (Wildman–Crippen LogP) is 3.23. The van der Waals surface area contributed by atoms with Gasteiger partial charge in [-0.2, -0.15) is 0 Å². The van der Waals surface area contributed by atoms with E-state index in [0.717, 1.165) is 13.0 Å². The van der Waals surface area contributed by atoms with E-state index in [0.29, 0.717) is 11.8 Å². The summed E-state index contributed by atoms with van der Waals surface area (Å²) in [6, 6.07) is 0. The minimum atomic E-state index is 0.156. The monoisotopic (exact) mass is 211 g/mol. The number of nitrogens with zero attached hydrogens (tertiary/aromatic N) is 1. The molecule has 2 nitrogen and oxygen atoms in total. The number of allylic oxidation sites excluding steroid dienone is 2. The summed E-state index contributed by atoms with van der Waals surface area (Å²) in [5.41, 5.74) is 1.22. The molecule has 0 amide bonds. The molecular formula is C13H25NO. The summed E-state index contributed by atoms with van der Waals surface area (Å²) in [5.74, 6) is 1.28. The van der Waals surface area contributed by atoms with Gasteiger partial charge in [0.05, 0.1) is 0 Å². The fourth-order valence-electron chi connectivity index (χ4n) is 2.25. The number of rotatable bonds is 6. The standard InChI is InChI=1S/C13H25NO/c1-7-13(10(2)8-12(4)15)11(3)9-14(5)6/h8,11,13,15H,4,7,9H2,1-3,5-6H3/b10-8+/t11-,13-/m0/s1. The summed E-state index contributed by atoms with van der Waals surface area (Å²) < 4.78 is 0. The zero-order chi connectivity index (χ0) is 12.0. The van der Waals surface area contributed by atoms with Crippen molar-refractivity contribution in [2.75, 3.05) is 20.6 Å². The molecule has 0 aromatic heterocycles. The lowest BCUT2D eigenvalue weighted by Crippen LogP contribution is -2.25. The molecular weight excluding hydrogens is 186 g/mol. The van der Waals surface area contributed by atoms with Gasteiger partial charge in [0.2, 0.25) is 0 Å². The van der Waals surface area contributed by atoms with Crippen molar-refractivity contribution in [3.63, 3.8) is 0 Å². The molecule has 15 heavy (non-hydrogen) atoms. The number of hydrogen-bond donors (Lipinski definition) is 1. The Morgan fingerprint density at radius 1 is 1.47 bits per heavy atom. The Morgan fingerprint density at radius 3 is 2.33 bits per heavy atom. The van der Waals surface area contributed by atoms with Crippen LogP contribution in [0, 0.1) is 11.8 Å². The van der Waals surface area contributed by atoms with Crippen LogP contribution in [0.3, 0.4) is 0 Å².